The summed E-state index contributed by atoms with van der Waals surface area (Å²) in [5.74, 6) is 0.989. The standard InChI is InChI=1S/C12H18N2O2/c1-4-9(2)10-7-5-6-8-11(10)16-12(15)14-13-3/h5-9,13H,4H2,1-3H3,(H,14,15). The van der Waals surface area contributed by atoms with Crippen molar-refractivity contribution in [2.75, 3.05) is 7.05 Å². The molecule has 0 fully saturated rings. The number of hydrogen-bond donors (Lipinski definition) is 2. The Morgan fingerprint density at radius 3 is 2.75 bits per heavy atom. The largest absolute Gasteiger partial charge is 0.427 e. The highest BCUT2D eigenvalue weighted by Crippen LogP contribution is 2.28. The van der Waals surface area contributed by atoms with E-state index in [0.29, 0.717) is 11.7 Å². The zero-order valence-corrected chi connectivity index (χ0v) is 9.91. The van der Waals surface area contributed by atoms with Gasteiger partial charge in [0, 0.05) is 7.05 Å². The molecule has 1 atom stereocenters. The number of amides is 1. The fraction of sp³-hybridized carbons (Fsp3) is 0.417. The molecule has 0 saturated carbocycles. The Bertz CT molecular complexity index is 353. The van der Waals surface area contributed by atoms with Crippen molar-refractivity contribution in [2.45, 2.75) is 26.2 Å². The molecule has 0 aliphatic heterocycles. The van der Waals surface area contributed by atoms with Crippen molar-refractivity contribution in [3.8, 4) is 5.75 Å². The summed E-state index contributed by atoms with van der Waals surface area (Å²) in [5.41, 5.74) is 5.94. The molecule has 0 aliphatic rings. The van der Waals surface area contributed by atoms with Crippen molar-refractivity contribution in [3.05, 3.63) is 29.8 Å². The molecule has 4 heteroatoms. The second kappa shape index (κ2) is 6.12. The lowest BCUT2D eigenvalue weighted by Crippen LogP contribution is -2.36. The van der Waals surface area contributed by atoms with Gasteiger partial charge in [-0.1, -0.05) is 32.0 Å². The lowest BCUT2D eigenvalue weighted by molar-refractivity contribution is 0.196. The van der Waals surface area contributed by atoms with E-state index in [4.69, 9.17) is 4.74 Å². The third-order valence-electron chi connectivity index (χ3n) is 2.49. The second-order valence-corrected chi connectivity index (χ2v) is 3.61. The van der Waals surface area contributed by atoms with Crippen LogP contribution >= 0.6 is 0 Å². The van der Waals surface area contributed by atoms with Crippen LogP contribution in [0.25, 0.3) is 0 Å². The summed E-state index contributed by atoms with van der Waals surface area (Å²) in [4.78, 5) is 11.3. The monoisotopic (exact) mass is 222 g/mol. The van der Waals surface area contributed by atoms with Crippen LogP contribution < -0.4 is 15.6 Å². The van der Waals surface area contributed by atoms with Crippen LogP contribution in [0.5, 0.6) is 5.75 Å². The first-order valence-electron chi connectivity index (χ1n) is 5.42. The molecule has 0 saturated heterocycles. The number of carbonyl (C=O) groups is 1. The number of benzene rings is 1. The maximum atomic E-state index is 11.3. The number of para-hydroxylation sites is 1. The first-order valence-corrected chi connectivity index (χ1v) is 5.42. The van der Waals surface area contributed by atoms with E-state index in [-0.39, 0.29) is 0 Å². The van der Waals surface area contributed by atoms with Gasteiger partial charge in [-0.15, -0.1) is 0 Å². The fourth-order valence-corrected chi connectivity index (χ4v) is 1.43. The molecule has 0 heterocycles. The SMILES string of the molecule is CCC(C)c1ccccc1OC(=O)NNC. The van der Waals surface area contributed by atoms with Crippen LogP contribution in [0.3, 0.4) is 0 Å². The highest BCUT2D eigenvalue weighted by molar-refractivity contribution is 5.70. The molecule has 1 unspecified atom stereocenters. The normalized spacial score (nSPS) is 11.9. The number of ether oxygens (including phenoxy) is 1. The van der Waals surface area contributed by atoms with Crippen molar-refractivity contribution >= 4 is 6.09 Å². The lowest BCUT2D eigenvalue weighted by atomic mass is 9.98. The molecule has 88 valence electrons. The average Bonchev–Trinajstić information content (AvgIpc) is 2.29. The summed E-state index contributed by atoms with van der Waals surface area (Å²) in [6.07, 6.45) is 0.506. The van der Waals surface area contributed by atoms with E-state index in [9.17, 15) is 4.79 Å². The summed E-state index contributed by atoms with van der Waals surface area (Å²) >= 11 is 0. The zero-order chi connectivity index (χ0) is 12.0. The molecule has 2 N–H and O–H groups in total. The maximum absolute atomic E-state index is 11.3. The summed E-state index contributed by atoms with van der Waals surface area (Å²) in [7, 11) is 1.61. The van der Waals surface area contributed by atoms with Crippen molar-refractivity contribution in [1.29, 1.82) is 0 Å². The Kier molecular flexibility index (Phi) is 4.79. The smallest absolute Gasteiger partial charge is 0.409 e. The second-order valence-electron chi connectivity index (χ2n) is 3.61. The van der Waals surface area contributed by atoms with Crippen LogP contribution in [-0.4, -0.2) is 13.1 Å². The Morgan fingerprint density at radius 1 is 1.44 bits per heavy atom. The molecule has 4 nitrogen and oxygen atoms in total. The Morgan fingerprint density at radius 2 is 2.12 bits per heavy atom. The van der Waals surface area contributed by atoms with Gasteiger partial charge in [-0.05, 0) is 24.0 Å². The van der Waals surface area contributed by atoms with Gasteiger partial charge >= 0.3 is 6.09 Å². The topological polar surface area (TPSA) is 50.4 Å². The Labute approximate surface area is 96.0 Å². The van der Waals surface area contributed by atoms with E-state index in [1.54, 1.807) is 13.1 Å². The molecule has 1 amide bonds. The molecule has 1 aromatic rings. The lowest BCUT2D eigenvalue weighted by Gasteiger charge is -2.14. The van der Waals surface area contributed by atoms with Gasteiger partial charge in [-0.2, -0.15) is 0 Å². The molecule has 0 radical (unpaired) electrons. The zero-order valence-electron chi connectivity index (χ0n) is 9.91. The molecule has 1 rings (SSSR count). The van der Waals surface area contributed by atoms with E-state index >= 15 is 0 Å². The van der Waals surface area contributed by atoms with Gasteiger partial charge in [0.15, 0.2) is 0 Å². The Balaban J connectivity index is 2.82. The van der Waals surface area contributed by atoms with Crippen LogP contribution in [0, 0.1) is 0 Å². The predicted molar refractivity (Wildman–Crippen MR) is 63.4 cm³/mol. The van der Waals surface area contributed by atoms with E-state index in [1.807, 2.05) is 18.2 Å². The van der Waals surface area contributed by atoms with Crippen LogP contribution in [0.4, 0.5) is 4.79 Å². The average molecular weight is 222 g/mol. The van der Waals surface area contributed by atoms with Crippen LogP contribution in [-0.2, 0) is 0 Å². The van der Waals surface area contributed by atoms with Gasteiger partial charge in [-0.25, -0.2) is 10.2 Å². The summed E-state index contributed by atoms with van der Waals surface area (Å²) in [5, 5.41) is 0. The van der Waals surface area contributed by atoms with Crippen molar-refractivity contribution in [1.82, 2.24) is 10.9 Å². The van der Waals surface area contributed by atoms with Gasteiger partial charge in [0.2, 0.25) is 0 Å². The first kappa shape index (κ1) is 12.5. The molecule has 0 aromatic heterocycles. The number of carbonyl (C=O) groups excluding carboxylic acids is 1. The van der Waals surface area contributed by atoms with E-state index in [0.717, 1.165) is 12.0 Å². The van der Waals surface area contributed by atoms with Crippen LogP contribution in [0.1, 0.15) is 31.7 Å². The summed E-state index contributed by atoms with van der Waals surface area (Å²) in [6.45, 7) is 4.22. The number of nitrogens with one attached hydrogen (secondary N) is 2. The molecule has 0 aliphatic carbocycles. The molecule has 1 aromatic carbocycles. The minimum Gasteiger partial charge on any atom is -0.409 e. The molecule has 16 heavy (non-hydrogen) atoms. The number of rotatable bonds is 4. The fourth-order valence-electron chi connectivity index (χ4n) is 1.43. The highest BCUT2D eigenvalue weighted by Gasteiger charge is 2.12. The number of hydrogen-bond acceptors (Lipinski definition) is 3. The van der Waals surface area contributed by atoms with E-state index < -0.39 is 6.09 Å². The van der Waals surface area contributed by atoms with Gasteiger partial charge in [0.25, 0.3) is 0 Å². The summed E-state index contributed by atoms with van der Waals surface area (Å²) < 4.78 is 5.20. The quantitative estimate of drug-likeness (QED) is 0.769. The highest BCUT2D eigenvalue weighted by atomic mass is 16.6. The van der Waals surface area contributed by atoms with Crippen molar-refractivity contribution < 1.29 is 9.53 Å². The molecule has 0 bridgehead atoms. The number of hydrazine groups is 1. The van der Waals surface area contributed by atoms with Gasteiger partial charge in [0.1, 0.15) is 5.75 Å². The van der Waals surface area contributed by atoms with Gasteiger partial charge < -0.3 is 4.74 Å². The minimum absolute atomic E-state index is 0.374. The molecular weight excluding hydrogens is 204 g/mol. The van der Waals surface area contributed by atoms with Crippen LogP contribution in [0.15, 0.2) is 24.3 Å². The molecule has 0 spiro atoms. The predicted octanol–water partition coefficient (Wildman–Crippen LogP) is 2.42. The Hall–Kier alpha value is -1.55. The van der Waals surface area contributed by atoms with E-state index in [1.165, 1.54) is 0 Å². The van der Waals surface area contributed by atoms with Crippen molar-refractivity contribution in [2.24, 2.45) is 0 Å². The van der Waals surface area contributed by atoms with Gasteiger partial charge in [0.05, 0.1) is 0 Å². The summed E-state index contributed by atoms with van der Waals surface area (Å²) in [6, 6.07) is 7.59. The van der Waals surface area contributed by atoms with E-state index in [2.05, 4.69) is 24.7 Å². The third-order valence-corrected chi connectivity index (χ3v) is 2.49. The first-order chi connectivity index (χ1) is 7.69. The minimum atomic E-state index is -0.502. The van der Waals surface area contributed by atoms with Gasteiger partial charge in [-0.3, -0.25) is 5.43 Å². The maximum Gasteiger partial charge on any atom is 0.427 e. The third kappa shape index (κ3) is 3.24. The van der Waals surface area contributed by atoms with Crippen molar-refractivity contribution in [3.63, 3.8) is 0 Å². The van der Waals surface area contributed by atoms with Crippen LogP contribution in [0.2, 0.25) is 0 Å². The molecular formula is C12H18N2O2.